The van der Waals surface area contributed by atoms with E-state index in [-0.39, 0.29) is 17.9 Å². The van der Waals surface area contributed by atoms with Gasteiger partial charge in [0, 0.05) is 25.6 Å². The average Bonchev–Trinajstić information content (AvgIpc) is 3.09. The van der Waals surface area contributed by atoms with Crippen molar-refractivity contribution in [2.75, 3.05) is 26.2 Å². The predicted octanol–water partition coefficient (Wildman–Crippen LogP) is -0.404. The van der Waals surface area contributed by atoms with Crippen LogP contribution in [0.4, 0.5) is 0 Å². The van der Waals surface area contributed by atoms with E-state index in [2.05, 4.69) is 15.6 Å². The van der Waals surface area contributed by atoms with Crippen LogP contribution in [0.2, 0.25) is 0 Å². The normalized spacial score (nSPS) is 24.0. The summed E-state index contributed by atoms with van der Waals surface area (Å²) in [6, 6.07) is 0. The number of carbonyl (C=O) groups excluding carboxylic acids is 1. The molecule has 2 rings (SSSR count). The van der Waals surface area contributed by atoms with Gasteiger partial charge in [-0.15, -0.1) is 0 Å². The monoisotopic (exact) mass is 254 g/mol. The van der Waals surface area contributed by atoms with E-state index in [1.54, 1.807) is 0 Å². The second-order valence-electron chi connectivity index (χ2n) is 4.85. The second kappa shape index (κ2) is 6.58. The van der Waals surface area contributed by atoms with E-state index in [9.17, 15) is 4.79 Å². The highest BCUT2D eigenvalue weighted by molar-refractivity contribution is 5.81. The van der Waals surface area contributed by atoms with Crippen molar-refractivity contribution in [3.8, 4) is 0 Å². The Kier molecular flexibility index (Phi) is 4.81. The molecule has 1 aliphatic heterocycles. The molecule has 0 spiro atoms. The van der Waals surface area contributed by atoms with Crippen molar-refractivity contribution in [3.63, 3.8) is 0 Å². The number of ether oxygens (including phenoxy) is 1. The molecule has 0 aromatic heterocycles. The molecule has 0 aromatic rings. The zero-order chi connectivity index (χ0) is 12.8. The van der Waals surface area contributed by atoms with Crippen molar-refractivity contribution in [1.29, 1.82) is 0 Å². The minimum atomic E-state index is 0.159. The van der Waals surface area contributed by atoms with Gasteiger partial charge in [0.05, 0.1) is 12.6 Å². The van der Waals surface area contributed by atoms with E-state index in [1.165, 1.54) is 0 Å². The van der Waals surface area contributed by atoms with Gasteiger partial charge in [-0.2, -0.15) is 0 Å². The zero-order valence-electron chi connectivity index (χ0n) is 10.7. The molecular weight excluding hydrogens is 232 g/mol. The first kappa shape index (κ1) is 13.1. The third-order valence-electron chi connectivity index (χ3n) is 3.17. The summed E-state index contributed by atoms with van der Waals surface area (Å²) >= 11 is 0. The highest BCUT2D eigenvalue weighted by atomic mass is 16.5. The van der Waals surface area contributed by atoms with Crippen LogP contribution in [0.15, 0.2) is 4.99 Å². The molecule has 1 amide bonds. The molecule has 6 nitrogen and oxygen atoms in total. The summed E-state index contributed by atoms with van der Waals surface area (Å²) in [7, 11) is 0. The van der Waals surface area contributed by atoms with Crippen LogP contribution >= 0.6 is 0 Å². The van der Waals surface area contributed by atoms with Gasteiger partial charge in [-0.25, -0.2) is 0 Å². The molecule has 1 aliphatic carbocycles. The van der Waals surface area contributed by atoms with Crippen LogP contribution in [0.5, 0.6) is 0 Å². The largest absolute Gasteiger partial charge is 0.376 e. The number of aliphatic imine (C=N–C) groups is 1. The molecular formula is C12H22N4O2. The predicted molar refractivity (Wildman–Crippen MR) is 69.2 cm³/mol. The van der Waals surface area contributed by atoms with Crippen LogP contribution in [0.1, 0.15) is 25.7 Å². The lowest BCUT2D eigenvalue weighted by molar-refractivity contribution is -0.122. The summed E-state index contributed by atoms with van der Waals surface area (Å²) in [6.07, 6.45) is 4.46. The second-order valence-corrected chi connectivity index (χ2v) is 4.85. The third-order valence-corrected chi connectivity index (χ3v) is 3.17. The molecule has 1 saturated heterocycles. The van der Waals surface area contributed by atoms with E-state index in [0.717, 1.165) is 32.3 Å². The van der Waals surface area contributed by atoms with E-state index in [1.807, 2.05) is 0 Å². The van der Waals surface area contributed by atoms with E-state index in [0.29, 0.717) is 25.6 Å². The number of amides is 1. The van der Waals surface area contributed by atoms with Gasteiger partial charge < -0.3 is 21.1 Å². The Bertz CT molecular complexity index is 309. The highest BCUT2D eigenvalue weighted by Gasteiger charge is 2.28. The lowest BCUT2D eigenvalue weighted by Crippen LogP contribution is -2.39. The molecule has 2 fully saturated rings. The van der Waals surface area contributed by atoms with Gasteiger partial charge in [-0.3, -0.25) is 9.79 Å². The highest BCUT2D eigenvalue weighted by Crippen LogP contribution is 2.28. The van der Waals surface area contributed by atoms with Crippen LogP contribution in [0, 0.1) is 5.92 Å². The van der Waals surface area contributed by atoms with Crippen molar-refractivity contribution < 1.29 is 9.53 Å². The summed E-state index contributed by atoms with van der Waals surface area (Å²) < 4.78 is 5.45. The number of guanidine groups is 1. The summed E-state index contributed by atoms with van der Waals surface area (Å²) in [5.41, 5.74) is 5.71. The minimum absolute atomic E-state index is 0.159. The molecule has 6 heteroatoms. The number of nitrogens with zero attached hydrogens (tertiary/aromatic N) is 1. The zero-order valence-corrected chi connectivity index (χ0v) is 10.7. The maximum absolute atomic E-state index is 11.3. The Morgan fingerprint density at radius 1 is 1.28 bits per heavy atom. The summed E-state index contributed by atoms with van der Waals surface area (Å²) in [4.78, 5) is 15.5. The Morgan fingerprint density at radius 2 is 2.06 bits per heavy atom. The summed E-state index contributed by atoms with van der Waals surface area (Å²) in [5, 5.41) is 5.84. The standard InChI is InChI=1S/C12H22N4O2/c13-12(16-8-10-2-1-7-18-10)15-6-5-14-11(17)9-3-4-9/h9-10H,1-8H2,(H,14,17)(H3,13,15,16). The maximum atomic E-state index is 11.3. The molecule has 0 radical (unpaired) electrons. The molecule has 0 bridgehead atoms. The molecule has 0 aromatic carbocycles. The first-order chi connectivity index (χ1) is 8.75. The molecule has 1 heterocycles. The number of hydrogen-bond acceptors (Lipinski definition) is 3. The Labute approximate surface area is 107 Å². The van der Waals surface area contributed by atoms with E-state index >= 15 is 0 Å². The molecule has 4 N–H and O–H groups in total. The van der Waals surface area contributed by atoms with Crippen LogP contribution in [-0.2, 0) is 9.53 Å². The summed E-state index contributed by atoms with van der Waals surface area (Å²) in [5.74, 6) is 0.841. The van der Waals surface area contributed by atoms with Crippen molar-refractivity contribution in [3.05, 3.63) is 0 Å². The van der Waals surface area contributed by atoms with Gasteiger partial charge >= 0.3 is 0 Å². The van der Waals surface area contributed by atoms with Gasteiger partial charge in [-0.1, -0.05) is 0 Å². The Morgan fingerprint density at radius 3 is 2.72 bits per heavy atom. The van der Waals surface area contributed by atoms with Gasteiger partial charge in [0.25, 0.3) is 0 Å². The first-order valence-corrected chi connectivity index (χ1v) is 6.69. The number of nitrogens with two attached hydrogens (primary N) is 1. The SMILES string of the molecule is NC(=NCC1CCCO1)NCCNC(=O)C1CC1. The van der Waals surface area contributed by atoms with Gasteiger partial charge in [0.2, 0.25) is 5.91 Å². The van der Waals surface area contributed by atoms with Crippen LogP contribution < -0.4 is 16.4 Å². The minimum Gasteiger partial charge on any atom is -0.376 e. The van der Waals surface area contributed by atoms with Crippen LogP contribution in [0.3, 0.4) is 0 Å². The molecule has 18 heavy (non-hydrogen) atoms. The molecule has 1 unspecified atom stereocenters. The van der Waals surface area contributed by atoms with E-state index in [4.69, 9.17) is 10.5 Å². The van der Waals surface area contributed by atoms with E-state index < -0.39 is 0 Å². The summed E-state index contributed by atoms with van der Waals surface area (Å²) in [6.45, 7) is 2.65. The Hall–Kier alpha value is -1.30. The van der Waals surface area contributed by atoms with Gasteiger partial charge in [0.1, 0.15) is 0 Å². The lowest BCUT2D eigenvalue weighted by Gasteiger charge is -2.09. The number of carbonyl (C=O) groups is 1. The molecule has 102 valence electrons. The molecule has 1 atom stereocenters. The number of hydrogen-bond donors (Lipinski definition) is 3. The number of rotatable bonds is 6. The van der Waals surface area contributed by atoms with Crippen molar-refractivity contribution >= 4 is 11.9 Å². The van der Waals surface area contributed by atoms with Crippen molar-refractivity contribution in [1.82, 2.24) is 10.6 Å². The average molecular weight is 254 g/mol. The Balaban J connectivity index is 1.51. The molecule has 2 aliphatic rings. The molecule has 1 saturated carbocycles. The fraction of sp³-hybridized carbons (Fsp3) is 0.833. The first-order valence-electron chi connectivity index (χ1n) is 6.69. The van der Waals surface area contributed by atoms with Gasteiger partial charge in [-0.05, 0) is 25.7 Å². The quantitative estimate of drug-likeness (QED) is 0.342. The topological polar surface area (TPSA) is 88.7 Å². The maximum Gasteiger partial charge on any atom is 0.223 e. The smallest absolute Gasteiger partial charge is 0.223 e. The van der Waals surface area contributed by atoms with Crippen LogP contribution in [-0.4, -0.2) is 44.2 Å². The van der Waals surface area contributed by atoms with Crippen molar-refractivity contribution in [2.24, 2.45) is 16.6 Å². The number of nitrogens with one attached hydrogen (secondary N) is 2. The lowest BCUT2D eigenvalue weighted by atomic mass is 10.2. The van der Waals surface area contributed by atoms with Crippen LogP contribution in [0.25, 0.3) is 0 Å². The fourth-order valence-corrected chi connectivity index (χ4v) is 1.91. The van der Waals surface area contributed by atoms with Crippen molar-refractivity contribution in [2.45, 2.75) is 31.8 Å². The van der Waals surface area contributed by atoms with Gasteiger partial charge in [0.15, 0.2) is 5.96 Å². The third kappa shape index (κ3) is 4.52. The fourth-order valence-electron chi connectivity index (χ4n) is 1.91.